The molecule has 1 aliphatic carbocycles. The fourth-order valence-corrected chi connectivity index (χ4v) is 3.10. The van der Waals surface area contributed by atoms with Crippen LogP contribution >= 0.6 is 0 Å². The van der Waals surface area contributed by atoms with Crippen LogP contribution in [-0.4, -0.2) is 33.8 Å². The van der Waals surface area contributed by atoms with Gasteiger partial charge in [-0.15, -0.1) is 0 Å². The normalized spacial score (nSPS) is 16.3. The molecule has 1 aromatic rings. The van der Waals surface area contributed by atoms with Crippen molar-refractivity contribution in [1.29, 1.82) is 0 Å². The van der Waals surface area contributed by atoms with Crippen molar-refractivity contribution in [2.75, 3.05) is 0 Å². The average Bonchev–Trinajstić information content (AvgIpc) is 3.07. The lowest BCUT2D eigenvalue weighted by molar-refractivity contribution is -0.155. The number of ether oxygens (including phenoxy) is 1. The van der Waals surface area contributed by atoms with Crippen LogP contribution in [0.3, 0.4) is 0 Å². The van der Waals surface area contributed by atoms with E-state index in [1.54, 1.807) is 6.92 Å². The lowest BCUT2D eigenvalue weighted by Crippen LogP contribution is -2.40. The molecular weight excluding hydrogens is 294 g/mol. The molecule has 128 valence electrons. The molecule has 0 saturated heterocycles. The molecule has 1 aromatic heterocycles. The predicted octanol–water partition coefficient (Wildman–Crippen LogP) is 1.96. The van der Waals surface area contributed by atoms with Crippen molar-refractivity contribution in [1.82, 2.24) is 15.1 Å². The third-order valence-corrected chi connectivity index (χ3v) is 4.62. The number of aryl methyl sites for hydroxylation is 2. The van der Waals surface area contributed by atoms with Gasteiger partial charge in [0.2, 0.25) is 0 Å². The quantitative estimate of drug-likeness (QED) is 0.813. The monoisotopic (exact) mass is 321 g/mol. The molecule has 2 rings (SSSR count). The molecule has 0 bridgehead atoms. The minimum absolute atomic E-state index is 0.195. The van der Waals surface area contributed by atoms with Gasteiger partial charge in [0.1, 0.15) is 0 Å². The second-order valence-electron chi connectivity index (χ2n) is 6.40. The molecule has 1 aliphatic rings. The Balaban J connectivity index is 1.78. The summed E-state index contributed by atoms with van der Waals surface area (Å²) in [4.78, 5) is 24.0. The van der Waals surface area contributed by atoms with Crippen molar-refractivity contribution in [3.8, 4) is 0 Å². The fraction of sp³-hybridized carbons (Fsp3) is 0.706. The van der Waals surface area contributed by atoms with E-state index in [0.29, 0.717) is 6.42 Å². The minimum atomic E-state index is -0.737. The van der Waals surface area contributed by atoms with Crippen LogP contribution in [0.25, 0.3) is 0 Å². The van der Waals surface area contributed by atoms with Crippen LogP contribution < -0.4 is 5.32 Å². The van der Waals surface area contributed by atoms with Crippen molar-refractivity contribution in [3.63, 3.8) is 0 Å². The average molecular weight is 321 g/mol. The van der Waals surface area contributed by atoms with Crippen LogP contribution in [0.15, 0.2) is 0 Å². The zero-order chi connectivity index (χ0) is 17.0. The maximum Gasteiger partial charge on any atom is 0.306 e. The van der Waals surface area contributed by atoms with Gasteiger partial charge < -0.3 is 10.1 Å². The van der Waals surface area contributed by atoms with E-state index >= 15 is 0 Å². The molecule has 1 N–H and O–H groups in total. The third-order valence-electron chi connectivity index (χ3n) is 4.62. The summed E-state index contributed by atoms with van der Waals surface area (Å²) < 4.78 is 7.07. The highest BCUT2D eigenvalue weighted by molar-refractivity contribution is 5.83. The minimum Gasteiger partial charge on any atom is -0.453 e. The molecule has 0 spiro atoms. The van der Waals surface area contributed by atoms with Gasteiger partial charge in [0.25, 0.3) is 5.91 Å². The van der Waals surface area contributed by atoms with Crippen LogP contribution in [0.1, 0.15) is 56.0 Å². The lowest BCUT2D eigenvalue weighted by Gasteiger charge is -2.17. The van der Waals surface area contributed by atoms with E-state index in [9.17, 15) is 9.59 Å². The number of hydrogen-bond donors (Lipinski definition) is 1. The molecule has 0 aliphatic heterocycles. The Morgan fingerprint density at radius 2 is 2.00 bits per heavy atom. The largest absolute Gasteiger partial charge is 0.453 e. The van der Waals surface area contributed by atoms with E-state index in [4.69, 9.17) is 4.74 Å². The van der Waals surface area contributed by atoms with Crippen molar-refractivity contribution in [2.24, 2.45) is 7.05 Å². The Bertz CT molecular complexity index is 574. The maximum atomic E-state index is 12.0. The molecule has 1 unspecified atom stereocenters. The Morgan fingerprint density at radius 1 is 1.35 bits per heavy atom. The zero-order valence-electron chi connectivity index (χ0n) is 14.5. The number of esters is 1. The predicted molar refractivity (Wildman–Crippen MR) is 87.0 cm³/mol. The summed E-state index contributed by atoms with van der Waals surface area (Å²) in [6.07, 6.45) is 4.46. The van der Waals surface area contributed by atoms with Gasteiger partial charge in [0.05, 0.1) is 5.69 Å². The second kappa shape index (κ2) is 7.62. The summed E-state index contributed by atoms with van der Waals surface area (Å²) in [5.41, 5.74) is 3.07. The van der Waals surface area contributed by atoms with Crippen molar-refractivity contribution >= 4 is 11.9 Å². The Morgan fingerprint density at radius 3 is 2.57 bits per heavy atom. The van der Waals surface area contributed by atoms with Crippen molar-refractivity contribution in [3.05, 3.63) is 17.0 Å². The number of rotatable bonds is 6. The first-order valence-electron chi connectivity index (χ1n) is 8.37. The SMILES string of the molecule is Cc1nn(C)c(C)c1CCC(=O)OC(C)C(=O)NC1CCCC1. The van der Waals surface area contributed by atoms with Crippen molar-refractivity contribution < 1.29 is 14.3 Å². The Hall–Kier alpha value is -1.85. The molecule has 1 atom stereocenters. The Kier molecular flexibility index (Phi) is 5.80. The number of hydrogen-bond acceptors (Lipinski definition) is 4. The summed E-state index contributed by atoms with van der Waals surface area (Å²) in [5.74, 6) is -0.541. The molecule has 0 radical (unpaired) electrons. The van der Waals surface area contributed by atoms with E-state index in [2.05, 4.69) is 10.4 Å². The van der Waals surface area contributed by atoms with E-state index in [0.717, 1.165) is 42.6 Å². The van der Waals surface area contributed by atoms with Gasteiger partial charge in [-0.25, -0.2) is 0 Å². The van der Waals surface area contributed by atoms with E-state index in [1.165, 1.54) is 0 Å². The summed E-state index contributed by atoms with van der Waals surface area (Å²) in [7, 11) is 1.89. The highest BCUT2D eigenvalue weighted by atomic mass is 16.5. The van der Waals surface area contributed by atoms with Gasteiger partial charge in [-0.1, -0.05) is 12.8 Å². The Labute approximate surface area is 137 Å². The molecule has 1 amide bonds. The van der Waals surface area contributed by atoms with E-state index < -0.39 is 6.10 Å². The number of aromatic nitrogens is 2. The topological polar surface area (TPSA) is 73.2 Å². The summed E-state index contributed by atoms with van der Waals surface area (Å²) in [6.45, 7) is 5.55. The van der Waals surface area contributed by atoms with Crippen LogP contribution in [0.2, 0.25) is 0 Å². The van der Waals surface area contributed by atoms with Gasteiger partial charge in [-0.2, -0.15) is 5.10 Å². The standard InChI is InChI=1S/C17H27N3O3/c1-11-15(12(2)20(4)19-11)9-10-16(21)23-13(3)17(22)18-14-7-5-6-8-14/h13-14H,5-10H2,1-4H3,(H,18,22). The van der Waals surface area contributed by atoms with Gasteiger partial charge in [0, 0.05) is 25.2 Å². The highest BCUT2D eigenvalue weighted by Gasteiger charge is 2.23. The van der Waals surface area contributed by atoms with Crippen LogP contribution in [0.4, 0.5) is 0 Å². The number of carbonyl (C=O) groups excluding carboxylic acids is 2. The molecule has 6 nitrogen and oxygen atoms in total. The maximum absolute atomic E-state index is 12.0. The lowest BCUT2D eigenvalue weighted by atomic mass is 10.1. The third kappa shape index (κ3) is 4.56. The van der Waals surface area contributed by atoms with Crippen LogP contribution in [0, 0.1) is 13.8 Å². The van der Waals surface area contributed by atoms with E-state index in [-0.39, 0.29) is 24.3 Å². The highest BCUT2D eigenvalue weighted by Crippen LogP contribution is 2.18. The zero-order valence-corrected chi connectivity index (χ0v) is 14.5. The molecule has 6 heteroatoms. The first-order chi connectivity index (χ1) is 10.9. The summed E-state index contributed by atoms with van der Waals surface area (Å²) in [5, 5.41) is 7.29. The molecule has 1 fully saturated rings. The molecular formula is C17H27N3O3. The van der Waals surface area contributed by atoms with Crippen molar-refractivity contribution in [2.45, 2.75) is 71.4 Å². The van der Waals surface area contributed by atoms with Gasteiger partial charge in [0.15, 0.2) is 6.10 Å². The fourth-order valence-electron chi connectivity index (χ4n) is 3.10. The molecule has 1 heterocycles. The number of nitrogens with zero attached hydrogens (tertiary/aromatic N) is 2. The summed E-state index contributed by atoms with van der Waals surface area (Å²) >= 11 is 0. The first-order valence-corrected chi connectivity index (χ1v) is 8.37. The summed E-state index contributed by atoms with van der Waals surface area (Å²) in [6, 6.07) is 0.240. The smallest absolute Gasteiger partial charge is 0.306 e. The van der Waals surface area contributed by atoms with Crippen LogP contribution in [-0.2, 0) is 27.8 Å². The van der Waals surface area contributed by atoms with Gasteiger partial charge >= 0.3 is 5.97 Å². The van der Waals surface area contributed by atoms with E-state index in [1.807, 2.05) is 25.6 Å². The number of amides is 1. The van der Waals surface area contributed by atoms with Gasteiger partial charge in [-0.05, 0) is 45.6 Å². The molecule has 23 heavy (non-hydrogen) atoms. The van der Waals surface area contributed by atoms with Crippen LogP contribution in [0.5, 0.6) is 0 Å². The number of nitrogens with one attached hydrogen (secondary N) is 1. The second-order valence-corrected chi connectivity index (χ2v) is 6.40. The first kappa shape index (κ1) is 17.5. The van der Waals surface area contributed by atoms with Gasteiger partial charge in [-0.3, -0.25) is 14.3 Å². The molecule has 1 saturated carbocycles. The number of carbonyl (C=O) groups is 2. The molecule has 0 aromatic carbocycles.